The largest absolute Gasteiger partial charge is 0.432 e. The molecule has 2 saturated carbocycles. The van der Waals surface area contributed by atoms with Crippen LogP contribution in [0.15, 0.2) is 12.2 Å². The molecule has 2 rings (SSSR count). The van der Waals surface area contributed by atoms with E-state index in [2.05, 4.69) is 34.3 Å². The molecule has 0 aromatic rings. The van der Waals surface area contributed by atoms with E-state index in [1.165, 1.54) is 25.7 Å². The van der Waals surface area contributed by atoms with Gasteiger partial charge >= 0.3 is 5.97 Å². The number of hydrogen-bond acceptors (Lipinski definition) is 3. The summed E-state index contributed by atoms with van der Waals surface area (Å²) >= 11 is 0. The van der Waals surface area contributed by atoms with E-state index in [1.807, 2.05) is 0 Å². The van der Waals surface area contributed by atoms with Crippen molar-refractivity contribution in [3.05, 3.63) is 12.2 Å². The maximum absolute atomic E-state index is 11.9. The average Bonchev–Trinajstić information content (AvgIpc) is 3.03. The fourth-order valence-corrected chi connectivity index (χ4v) is 3.95. The smallest absolute Gasteiger partial charge is 0.335 e. The second-order valence-corrected chi connectivity index (χ2v) is 8.40. The van der Waals surface area contributed by atoms with E-state index in [1.54, 1.807) is 6.92 Å². The predicted molar refractivity (Wildman–Crippen MR) is 88.3 cm³/mol. The molecule has 2 fully saturated rings. The summed E-state index contributed by atoms with van der Waals surface area (Å²) < 4.78 is 11.8. The fourth-order valence-electron chi connectivity index (χ4n) is 3.95. The highest BCUT2D eigenvalue weighted by Crippen LogP contribution is 2.56. The first-order valence-corrected chi connectivity index (χ1v) is 8.66. The van der Waals surface area contributed by atoms with Gasteiger partial charge in [-0.25, -0.2) is 4.79 Å². The van der Waals surface area contributed by atoms with Crippen LogP contribution in [0.5, 0.6) is 0 Å². The van der Waals surface area contributed by atoms with Crippen LogP contribution in [0.3, 0.4) is 0 Å². The van der Waals surface area contributed by atoms with Crippen LogP contribution in [0.2, 0.25) is 0 Å². The summed E-state index contributed by atoms with van der Waals surface area (Å²) in [6.45, 7) is 14.7. The number of fused-ring (bicyclic) bond motifs is 2. The van der Waals surface area contributed by atoms with Gasteiger partial charge in [0.05, 0.1) is 6.61 Å². The quantitative estimate of drug-likeness (QED) is 0.388. The lowest BCUT2D eigenvalue weighted by Crippen LogP contribution is -2.40. The van der Waals surface area contributed by atoms with Crippen LogP contribution >= 0.6 is 0 Å². The van der Waals surface area contributed by atoms with Crippen molar-refractivity contribution in [2.24, 2.45) is 22.7 Å². The second kappa shape index (κ2) is 6.35. The highest BCUT2D eigenvalue weighted by atomic mass is 16.7. The molecule has 2 aliphatic carbocycles. The van der Waals surface area contributed by atoms with Gasteiger partial charge in [0.15, 0.2) is 0 Å². The Balaban J connectivity index is 2.00. The summed E-state index contributed by atoms with van der Waals surface area (Å²) in [7, 11) is 0. The molecule has 0 radical (unpaired) electrons. The Hall–Kier alpha value is -0.830. The number of ether oxygens (including phenoxy) is 2. The van der Waals surface area contributed by atoms with Crippen LogP contribution in [-0.4, -0.2) is 18.9 Å². The summed E-state index contributed by atoms with van der Waals surface area (Å²) in [5.74, 6) is 1.30. The minimum absolute atomic E-state index is 0.195. The van der Waals surface area contributed by atoms with E-state index in [-0.39, 0.29) is 16.8 Å². The maximum atomic E-state index is 11.9. The van der Waals surface area contributed by atoms with Crippen molar-refractivity contribution in [3.8, 4) is 0 Å². The summed E-state index contributed by atoms with van der Waals surface area (Å²) in [4.78, 5) is 11.9. The first-order chi connectivity index (χ1) is 10.2. The maximum Gasteiger partial charge on any atom is 0.335 e. The summed E-state index contributed by atoms with van der Waals surface area (Å²) in [5, 5.41) is 0. The van der Waals surface area contributed by atoms with E-state index in [0.717, 1.165) is 18.3 Å². The number of rotatable bonds is 7. The van der Waals surface area contributed by atoms with E-state index in [0.29, 0.717) is 12.2 Å². The van der Waals surface area contributed by atoms with Crippen molar-refractivity contribution in [1.82, 2.24) is 0 Å². The third-order valence-electron chi connectivity index (χ3n) is 5.96. The minimum Gasteiger partial charge on any atom is -0.432 e. The van der Waals surface area contributed by atoms with Gasteiger partial charge in [-0.05, 0) is 49.9 Å². The Bertz CT molecular complexity index is 440. The third kappa shape index (κ3) is 3.56. The fraction of sp³-hybridized carbons (Fsp3) is 0.842. The van der Waals surface area contributed by atoms with Crippen LogP contribution in [0.4, 0.5) is 0 Å². The summed E-state index contributed by atoms with van der Waals surface area (Å²) in [6, 6.07) is 0. The molecule has 2 aliphatic rings. The molecular weight excluding hydrogens is 276 g/mol. The Kier molecular flexibility index (Phi) is 5.06. The molecule has 0 aromatic heterocycles. The monoisotopic (exact) mass is 308 g/mol. The minimum atomic E-state index is -0.502. The molecule has 0 saturated heterocycles. The Morgan fingerprint density at radius 1 is 1.41 bits per heavy atom. The first-order valence-electron chi connectivity index (χ1n) is 8.66. The lowest BCUT2D eigenvalue weighted by Gasteiger charge is -2.38. The Morgan fingerprint density at radius 2 is 2.09 bits per heavy atom. The van der Waals surface area contributed by atoms with Crippen molar-refractivity contribution in [1.29, 1.82) is 0 Å². The van der Waals surface area contributed by atoms with Crippen molar-refractivity contribution >= 4 is 5.97 Å². The lowest BCUT2D eigenvalue weighted by molar-refractivity contribution is -0.214. The first kappa shape index (κ1) is 17.5. The molecule has 0 spiro atoms. The second-order valence-electron chi connectivity index (χ2n) is 8.40. The molecule has 0 aromatic carbocycles. The molecule has 4 unspecified atom stereocenters. The van der Waals surface area contributed by atoms with Crippen LogP contribution in [0.25, 0.3) is 0 Å². The molecule has 3 nitrogen and oxygen atoms in total. The van der Waals surface area contributed by atoms with E-state index < -0.39 is 6.29 Å². The van der Waals surface area contributed by atoms with Gasteiger partial charge in [0.1, 0.15) is 0 Å². The number of hydrogen-bond donors (Lipinski definition) is 0. The molecule has 22 heavy (non-hydrogen) atoms. The van der Waals surface area contributed by atoms with Crippen molar-refractivity contribution in [3.63, 3.8) is 0 Å². The van der Waals surface area contributed by atoms with Crippen molar-refractivity contribution in [2.75, 3.05) is 6.61 Å². The van der Waals surface area contributed by atoms with Gasteiger partial charge in [0.2, 0.25) is 6.29 Å². The van der Waals surface area contributed by atoms with Gasteiger partial charge in [-0.15, -0.1) is 0 Å². The van der Waals surface area contributed by atoms with Crippen molar-refractivity contribution < 1.29 is 14.3 Å². The van der Waals surface area contributed by atoms with Gasteiger partial charge < -0.3 is 9.47 Å². The Labute approximate surface area is 135 Å². The molecule has 3 heteroatoms. The normalized spacial score (nSPS) is 32.0. The molecular formula is C19H32O3. The highest BCUT2D eigenvalue weighted by Gasteiger charge is 2.48. The van der Waals surface area contributed by atoms with Gasteiger partial charge in [0.25, 0.3) is 0 Å². The van der Waals surface area contributed by atoms with Gasteiger partial charge in [-0.2, -0.15) is 0 Å². The van der Waals surface area contributed by atoms with Crippen LogP contribution in [0.1, 0.15) is 66.7 Å². The molecule has 0 aliphatic heterocycles. The molecule has 2 bridgehead atoms. The number of esters is 1. The molecule has 0 N–H and O–H groups in total. The standard InChI is InChI=1S/C19H32O3/c1-7-18(4,5)17(22-16(20)13(2)3)21-12-19(6)11-14-8-9-15(19)10-14/h14-15,17H,2,7-12H2,1,3-6H3. The summed E-state index contributed by atoms with van der Waals surface area (Å²) in [6.07, 6.45) is 5.72. The van der Waals surface area contributed by atoms with Gasteiger partial charge in [-0.3, -0.25) is 0 Å². The van der Waals surface area contributed by atoms with Crippen molar-refractivity contribution in [2.45, 2.75) is 73.0 Å². The summed E-state index contributed by atoms with van der Waals surface area (Å²) in [5.41, 5.74) is 0.478. The van der Waals surface area contributed by atoms with E-state index >= 15 is 0 Å². The predicted octanol–water partition coefficient (Wildman–Crippen LogP) is 4.71. The lowest BCUT2D eigenvalue weighted by atomic mass is 9.75. The molecule has 0 amide bonds. The zero-order valence-corrected chi connectivity index (χ0v) is 14.9. The van der Waals surface area contributed by atoms with Crippen LogP contribution < -0.4 is 0 Å². The topological polar surface area (TPSA) is 35.5 Å². The SMILES string of the molecule is C=C(C)C(=O)OC(OCC1(C)CC2CCC1C2)C(C)(C)CC. The zero-order chi connectivity index (χ0) is 16.5. The average molecular weight is 308 g/mol. The van der Waals surface area contributed by atoms with E-state index in [9.17, 15) is 4.79 Å². The van der Waals surface area contributed by atoms with Gasteiger partial charge in [-0.1, -0.05) is 40.7 Å². The Morgan fingerprint density at radius 3 is 2.55 bits per heavy atom. The van der Waals surface area contributed by atoms with E-state index in [4.69, 9.17) is 9.47 Å². The third-order valence-corrected chi connectivity index (χ3v) is 5.96. The zero-order valence-electron chi connectivity index (χ0n) is 14.9. The van der Waals surface area contributed by atoms with Crippen LogP contribution in [-0.2, 0) is 14.3 Å². The highest BCUT2D eigenvalue weighted by molar-refractivity contribution is 5.87. The number of carbonyl (C=O) groups excluding carboxylic acids is 1. The van der Waals surface area contributed by atoms with Gasteiger partial charge in [0, 0.05) is 11.0 Å². The molecule has 0 heterocycles. The molecule has 126 valence electrons. The number of carbonyl (C=O) groups is 1. The van der Waals surface area contributed by atoms with Crippen LogP contribution in [0, 0.1) is 22.7 Å². The molecule has 4 atom stereocenters.